The van der Waals surface area contributed by atoms with E-state index >= 15 is 0 Å². The third-order valence-electron chi connectivity index (χ3n) is 3.00. The molecule has 0 amide bonds. The van der Waals surface area contributed by atoms with Crippen molar-refractivity contribution in [3.63, 3.8) is 0 Å². The second-order valence-electron chi connectivity index (χ2n) is 4.25. The predicted molar refractivity (Wildman–Crippen MR) is 83.7 cm³/mol. The molecule has 2 aromatic rings. The first-order valence-corrected chi connectivity index (χ1v) is 7.76. The molecular weight excluding hydrogens is 330 g/mol. The number of rotatable bonds is 4. The third kappa shape index (κ3) is 3.35. The van der Waals surface area contributed by atoms with Gasteiger partial charge in [0, 0.05) is 21.8 Å². The number of aryl methyl sites for hydroxylation is 1. The van der Waals surface area contributed by atoms with Crippen molar-refractivity contribution in [2.45, 2.75) is 19.4 Å². The summed E-state index contributed by atoms with van der Waals surface area (Å²) in [5.41, 5.74) is 2.64. The Labute approximate surface area is 125 Å². The minimum absolute atomic E-state index is 0.317. The average molecular weight is 345 g/mol. The van der Waals surface area contributed by atoms with Gasteiger partial charge < -0.3 is 5.32 Å². The summed E-state index contributed by atoms with van der Waals surface area (Å²) in [5, 5.41) is 3.39. The van der Waals surface area contributed by atoms with E-state index in [1.165, 1.54) is 16.0 Å². The molecule has 18 heavy (non-hydrogen) atoms. The Morgan fingerprint density at radius 2 is 2.11 bits per heavy atom. The molecule has 1 unspecified atom stereocenters. The van der Waals surface area contributed by atoms with E-state index in [9.17, 15) is 0 Å². The van der Waals surface area contributed by atoms with Gasteiger partial charge in [0.2, 0.25) is 0 Å². The quantitative estimate of drug-likeness (QED) is 0.825. The molecular formula is C14H15BrClNS. The molecule has 1 aromatic heterocycles. The van der Waals surface area contributed by atoms with Crippen molar-refractivity contribution in [2.75, 3.05) is 7.05 Å². The zero-order valence-corrected chi connectivity index (χ0v) is 13.5. The van der Waals surface area contributed by atoms with Gasteiger partial charge in [0.25, 0.3) is 0 Å². The van der Waals surface area contributed by atoms with Crippen LogP contribution in [0.3, 0.4) is 0 Å². The van der Waals surface area contributed by atoms with Gasteiger partial charge in [-0.2, -0.15) is 0 Å². The lowest BCUT2D eigenvalue weighted by Gasteiger charge is -2.18. The van der Waals surface area contributed by atoms with Crippen molar-refractivity contribution in [1.82, 2.24) is 5.32 Å². The van der Waals surface area contributed by atoms with Gasteiger partial charge in [0.15, 0.2) is 0 Å². The van der Waals surface area contributed by atoms with Gasteiger partial charge in [-0.1, -0.05) is 33.6 Å². The molecule has 0 aliphatic rings. The van der Waals surface area contributed by atoms with E-state index < -0.39 is 0 Å². The number of nitrogens with one attached hydrogen (secondary N) is 1. The Balaban J connectivity index is 2.25. The van der Waals surface area contributed by atoms with Crippen LogP contribution in [0.15, 0.2) is 34.8 Å². The molecule has 0 saturated heterocycles. The van der Waals surface area contributed by atoms with Crippen molar-refractivity contribution < 1.29 is 0 Å². The Hall–Kier alpha value is -0.350. The van der Waals surface area contributed by atoms with Crippen LogP contribution < -0.4 is 5.32 Å². The summed E-state index contributed by atoms with van der Waals surface area (Å²) in [7, 11) is 2.00. The highest BCUT2D eigenvalue weighted by Gasteiger charge is 2.14. The molecule has 1 atom stereocenters. The molecule has 1 aromatic carbocycles. The second kappa shape index (κ2) is 6.20. The van der Waals surface area contributed by atoms with Crippen LogP contribution in [0.4, 0.5) is 0 Å². The fourth-order valence-corrected chi connectivity index (χ4v) is 3.53. The van der Waals surface area contributed by atoms with E-state index in [1.807, 2.05) is 13.1 Å². The van der Waals surface area contributed by atoms with E-state index in [-0.39, 0.29) is 0 Å². The highest BCUT2D eigenvalue weighted by Crippen LogP contribution is 2.29. The largest absolute Gasteiger partial charge is 0.313 e. The number of likely N-dealkylation sites (N-methyl/N-ethyl adjacent to an activating group) is 1. The average Bonchev–Trinajstić information content (AvgIpc) is 2.75. The van der Waals surface area contributed by atoms with Crippen molar-refractivity contribution >= 4 is 38.9 Å². The lowest BCUT2D eigenvalue weighted by molar-refractivity contribution is 0.593. The maximum Gasteiger partial charge on any atom is 0.0931 e. The number of halogens is 2. The molecule has 0 fully saturated rings. The summed E-state index contributed by atoms with van der Waals surface area (Å²) in [4.78, 5) is 1.30. The maximum absolute atomic E-state index is 5.98. The van der Waals surface area contributed by atoms with Crippen LogP contribution in [0.5, 0.6) is 0 Å². The summed E-state index contributed by atoms with van der Waals surface area (Å²) < 4.78 is 1.97. The Morgan fingerprint density at radius 3 is 2.72 bits per heavy atom. The van der Waals surface area contributed by atoms with Gasteiger partial charge in [-0.3, -0.25) is 0 Å². The molecule has 1 N–H and O–H groups in total. The summed E-state index contributed by atoms with van der Waals surface area (Å²) in [6.45, 7) is 2.15. The fourth-order valence-electron chi connectivity index (χ4n) is 2.02. The van der Waals surface area contributed by atoms with Crippen LogP contribution in [0.25, 0.3) is 0 Å². The second-order valence-corrected chi connectivity index (χ2v) is 6.97. The van der Waals surface area contributed by atoms with E-state index in [1.54, 1.807) is 11.3 Å². The van der Waals surface area contributed by atoms with Crippen LogP contribution >= 0.6 is 38.9 Å². The van der Waals surface area contributed by atoms with E-state index in [2.05, 4.69) is 52.4 Å². The molecule has 0 radical (unpaired) electrons. The SMILES string of the molecule is CNC(Cc1ccc(Cl)s1)c1cc(Br)ccc1C. The number of thiophene rings is 1. The van der Waals surface area contributed by atoms with Crippen LogP contribution in [0.1, 0.15) is 22.0 Å². The zero-order chi connectivity index (χ0) is 13.1. The lowest BCUT2D eigenvalue weighted by atomic mass is 9.98. The molecule has 0 aliphatic heterocycles. The van der Waals surface area contributed by atoms with Crippen molar-refractivity contribution in [3.05, 3.63) is 55.1 Å². The predicted octanol–water partition coefficient (Wildman–Crippen LogP) is 4.98. The molecule has 1 heterocycles. The minimum atomic E-state index is 0.317. The molecule has 0 bridgehead atoms. The Kier molecular flexibility index (Phi) is 4.84. The van der Waals surface area contributed by atoms with Crippen molar-refractivity contribution in [2.24, 2.45) is 0 Å². The normalized spacial score (nSPS) is 12.7. The number of benzene rings is 1. The Bertz CT molecular complexity index is 538. The summed E-state index contributed by atoms with van der Waals surface area (Å²) in [6, 6.07) is 10.8. The first-order chi connectivity index (χ1) is 8.60. The van der Waals surface area contributed by atoms with Crippen LogP contribution in [-0.4, -0.2) is 7.05 Å². The van der Waals surface area contributed by atoms with E-state index in [0.29, 0.717) is 6.04 Å². The first-order valence-electron chi connectivity index (χ1n) is 5.77. The molecule has 0 spiro atoms. The molecule has 2 rings (SSSR count). The van der Waals surface area contributed by atoms with Gasteiger partial charge in [0.05, 0.1) is 4.34 Å². The van der Waals surface area contributed by atoms with Gasteiger partial charge in [-0.25, -0.2) is 0 Å². The molecule has 0 saturated carbocycles. The lowest BCUT2D eigenvalue weighted by Crippen LogP contribution is -2.19. The topological polar surface area (TPSA) is 12.0 Å². The number of hydrogen-bond acceptors (Lipinski definition) is 2. The van der Waals surface area contributed by atoms with E-state index in [0.717, 1.165) is 15.2 Å². The zero-order valence-electron chi connectivity index (χ0n) is 10.3. The summed E-state index contributed by atoms with van der Waals surface area (Å²) in [6.07, 6.45) is 0.963. The smallest absolute Gasteiger partial charge is 0.0931 e. The summed E-state index contributed by atoms with van der Waals surface area (Å²) in [5.74, 6) is 0. The summed E-state index contributed by atoms with van der Waals surface area (Å²) >= 11 is 11.2. The highest BCUT2D eigenvalue weighted by atomic mass is 79.9. The van der Waals surface area contributed by atoms with Crippen LogP contribution in [0.2, 0.25) is 4.34 Å². The Morgan fingerprint density at radius 1 is 1.33 bits per heavy atom. The highest BCUT2D eigenvalue weighted by molar-refractivity contribution is 9.10. The number of hydrogen-bond donors (Lipinski definition) is 1. The van der Waals surface area contributed by atoms with Crippen LogP contribution in [0, 0.1) is 6.92 Å². The van der Waals surface area contributed by atoms with Crippen LogP contribution in [-0.2, 0) is 6.42 Å². The third-order valence-corrected chi connectivity index (χ3v) is 4.75. The maximum atomic E-state index is 5.98. The first kappa shape index (κ1) is 14.1. The molecule has 96 valence electrons. The van der Waals surface area contributed by atoms with Crippen molar-refractivity contribution in [1.29, 1.82) is 0 Å². The van der Waals surface area contributed by atoms with Crippen molar-refractivity contribution in [3.8, 4) is 0 Å². The standard InChI is InChI=1S/C14H15BrClNS/c1-9-3-4-10(15)7-12(9)13(17-2)8-11-5-6-14(16)18-11/h3-7,13,17H,8H2,1-2H3. The molecule has 0 aliphatic carbocycles. The monoisotopic (exact) mass is 343 g/mol. The molecule has 1 nitrogen and oxygen atoms in total. The minimum Gasteiger partial charge on any atom is -0.313 e. The van der Waals surface area contributed by atoms with Gasteiger partial charge in [-0.15, -0.1) is 11.3 Å². The van der Waals surface area contributed by atoms with E-state index in [4.69, 9.17) is 11.6 Å². The molecule has 4 heteroatoms. The van der Waals surface area contributed by atoms with Gasteiger partial charge >= 0.3 is 0 Å². The van der Waals surface area contributed by atoms with Gasteiger partial charge in [0.1, 0.15) is 0 Å². The fraction of sp³-hybridized carbons (Fsp3) is 0.286. The van der Waals surface area contributed by atoms with Gasteiger partial charge in [-0.05, 0) is 49.4 Å².